The van der Waals surface area contributed by atoms with Crippen molar-refractivity contribution < 1.29 is 19.1 Å². The number of pyridine rings is 2. The molecule has 224 valence electrons. The molecule has 5 heterocycles. The Bertz CT molecular complexity index is 1560. The minimum atomic E-state index is -2.07. The molecule has 1 fully saturated rings. The second-order valence-corrected chi connectivity index (χ2v) is 17.5. The molecule has 1 aliphatic heterocycles. The van der Waals surface area contributed by atoms with Crippen molar-refractivity contribution in [1.82, 2.24) is 34.5 Å². The van der Waals surface area contributed by atoms with Crippen LogP contribution in [0.25, 0.3) is 16.8 Å². The van der Waals surface area contributed by atoms with Crippen molar-refractivity contribution in [1.29, 1.82) is 0 Å². The van der Waals surface area contributed by atoms with Crippen LogP contribution in [0.3, 0.4) is 0 Å². The zero-order chi connectivity index (χ0) is 30.2. The number of hydrogen-bond acceptors (Lipinski definition) is 7. The van der Waals surface area contributed by atoms with E-state index in [-0.39, 0.29) is 11.1 Å². The maximum absolute atomic E-state index is 11.3. The van der Waals surface area contributed by atoms with Crippen LogP contribution in [0.5, 0.6) is 5.75 Å². The normalized spacial score (nSPS) is 15.7. The molecule has 1 aliphatic rings. The molecule has 0 radical (unpaired) electrons. The van der Waals surface area contributed by atoms with Crippen LogP contribution in [0.2, 0.25) is 23.2 Å². The number of halogens is 1. The minimum absolute atomic E-state index is 0.0389. The lowest BCUT2D eigenvalue weighted by molar-refractivity contribution is 0.119. The third-order valence-corrected chi connectivity index (χ3v) is 13.3. The summed E-state index contributed by atoms with van der Waals surface area (Å²) in [6.07, 6.45) is 5.19. The molecule has 1 saturated heterocycles. The van der Waals surface area contributed by atoms with Crippen LogP contribution in [-0.2, 0) is 4.43 Å². The van der Waals surface area contributed by atoms with E-state index in [1.54, 1.807) is 16.9 Å². The number of piperidine rings is 1. The largest absolute Gasteiger partial charge is 0.479 e. The molecular formula is C29H38ClN7O4Si. The van der Waals surface area contributed by atoms with Crippen molar-refractivity contribution in [2.24, 2.45) is 0 Å². The first-order valence-electron chi connectivity index (χ1n) is 14.1. The van der Waals surface area contributed by atoms with Crippen LogP contribution in [0, 0.1) is 6.92 Å². The number of hydrogen-bond donors (Lipinski definition) is 1. The molecule has 0 aliphatic carbocycles. The summed E-state index contributed by atoms with van der Waals surface area (Å²) in [7, 11) is -2.07. The SMILES string of the molecule is Cc1c(-c2cc(OC(CO[Si](C)(C)C(C)(C)C)c3ccccn3)c3c(Cl)cnn3c2)nnn1C1CCN(C(=O)O)CC1. The highest BCUT2D eigenvalue weighted by atomic mass is 35.5. The standard InChI is InChI=1S/C29H38ClN7O4Si/c1-19-26(33-34-37(19)21-10-13-35(14-11-21)28(38)39)20-15-24(27-22(30)16-32-36(27)17-20)41-25(23-9-7-8-12-31-23)18-40-42(5,6)29(2,3)4/h7-9,12,15-17,21,25H,10-11,13-14,18H2,1-6H3,(H,38,39). The predicted molar refractivity (Wildman–Crippen MR) is 163 cm³/mol. The molecule has 42 heavy (non-hydrogen) atoms. The molecule has 0 spiro atoms. The van der Waals surface area contributed by atoms with Crippen LogP contribution >= 0.6 is 11.6 Å². The molecule has 5 rings (SSSR count). The van der Waals surface area contributed by atoms with Gasteiger partial charge in [-0.05, 0) is 56.1 Å². The number of aromatic nitrogens is 6. The molecule has 4 aromatic rings. The van der Waals surface area contributed by atoms with Gasteiger partial charge in [0.2, 0.25) is 0 Å². The van der Waals surface area contributed by atoms with Crippen molar-refractivity contribution >= 4 is 31.5 Å². The van der Waals surface area contributed by atoms with E-state index in [0.717, 1.165) is 17.0 Å². The zero-order valence-electron chi connectivity index (χ0n) is 24.9. The van der Waals surface area contributed by atoms with Crippen molar-refractivity contribution in [3.63, 3.8) is 0 Å². The van der Waals surface area contributed by atoms with Crippen LogP contribution in [-0.4, -0.2) is 73.7 Å². The van der Waals surface area contributed by atoms with Gasteiger partial charge in [-0.15, -0.1) is 5.10 Å². The van der Waals surface area contributed by atoms with E-state index in [0.29, 0.717) is 54.5 Å². The Morgan fingerprint density at radius 3 is 2.62 bits per heavy atom. The quantitative estimate of drug-likeness (QED) is 0.227. The molecule has 0 saturated carbocycles. The molecule has 1 N–H and O–H groups in total. The topological polar surface area (TPSA) is 120 Å². The number of rotatable bonds is 8. The third kappa shape index (κ3) is 6.01. The summed E-state index contributed by atoms with van der Waals surface area (Å²) in [6, 6.07) is 7.73. The Morgan fingerprint density at radius 2 is 1.98 bits per heavy atom. The Labute approximate surface area is 251 Å². The van der Waals surface area contributed by atoms with Gasteiger partial charge in [0, 0.05) is 31.0 Å². The van der Waals surface area contributed by atoms with Gasteiger partial charge in [-0.25, -0.2) is 14.0 Å². The van der Waals surface area contributed by atoms with Gasteiger partial charge in [0.1, 0.15) is 17.0 Å². The highest BCUT2D eigenvalue weighted by Gasteiger charge is 2.38. The van der Waals surface area contributed by atoms with Gasteiger partial charge in [0.05, 0.1) is 35.3 Å². The summed E-state index contributed by atoms with van der Waals surface area (Å²) in [5.41, 5.74) is 3.75. The summed E-state index contributed by atoms with van der Waals surface area (Å²) in [5, 5.41) is 23.3. The number of carbonyl (C=O) groups is 1. The summed E-state index contributed by atoms with van der Waals surface area (Å²) in [6.45, 7) is 14.3. The fourth-order valence-electron chi connectivity index (χ4n) is 4.92. The molecular weight excluding hydrogens is 574 g/mol. The maximum atomic E-state index is 11.3. The number of likely N-dealkylation sites (tertiary alicyclic amines) is 1. The smallest absolute Gasteiger partial charge is 0.407 e. The van der Waals surface area contributed by atoms with Crippen LogP contribution in [0.1, 0.15) is 57.1 Å². The number of ether oxygens (including phenoxy) is 1. The summed E-state index contributed by atoms with van der Waals surface area (Å²) in [4.78, 5) is 17.4. The molecule has 4 aromatic heterocycles. The number of nitrogens with zero attached hydrogens (tertiary/aromatic N) is 7. The monoisotopic (exact) mass is 611 g/mol. The molecule has 11 nitrogen and oxygen atoms in total. The summed E-state index contributed by atoms with van der Waals surface area (Å²) in [5.74, 6) is 0.535. The Morgan fingerprint density at radius 1 is 1.24 bits per heavy atom. The van der Waals surface area contributed by atoms with Gasteiger partial charge in [-0.2, -0.15) is 5.10 Å². The van der Waals surface area contributed by atoms with Crippen molar-refractivity contribution in [3.05, 3.63) is 59.3 Å². The fourth-order valence-corrected chi connectivity index (χ4v) is 6.15. The van der Waals surface area contributed by atoms with E-state index in [9.17, 15) is 9.90 Å². The van der Waals surface area contributed by atoms with Gasteiger partial charge in [0.25, 0.3) is 0 Å². The highest BCUT2D eigenvalue weighted by molar-refractivity contribution is 6.74. The third-order valence-electron chi connectivity index (χ3n) is 8.50. The lowest BCUT2D eigenvalue weighted by Gasteiger charge is -2.37. The Kier molecular flexibility index (Phi) is 8.32. The second-order valence-electron chi connectivity index (χ2n) is 12.3. The van der Waals surface area contributed by atoms with E-state index in [1.807, 2.05) is 42.1 Å². The molecule has 0 aromatic carbocycles. The number of carboxylic acid groups (broad SMARTS) is 1. The van der Waals surface area contributed by atoms with Crippen LogP contribution in [0.4, 0.5) is 4.79 Å². The number of fused-ring (bicyclic) bond motifs is 1. The first-order valence-corrected chi connectivity index (χ1v) is 17.4. The summed E-state index contributed by atoms with van der Waals surface area (Å²) >= 11 is 6.60. The van der Waals surface area contributed by atoms with Crippen LogP contribution in [0.15, 0.2) is 42.9 Å². The van der Waals surface area contributed by atoms with Crippen molar-refractivity contribution in [3.8, 4) is 17.0 Å². The van der Waals surface area contributed by atoms with Gasteiger partial charge in [-0.3, -0.25) is 4.98 Å². The van der Waals surface area contributed by atoms with Crippen molar-refractivity contribution in [2.75, 3.05) is 19.7 Å². The van der Waals surface area contributed by atoms with Gasteiger partial charge >= 0.3 is 6.09 Å². The predicted octanol–water partition coefficient (Wildman–Crippen LogP) is 6.41. The summed E-state index contributed by atoms with van der Waals surface area (Å²) < 4.78 is 16.9. The van der Waals surface area contributed by atoms with Crippen LogP contribution < -0.4 is 4.74 Å². The average molecular weight is 612 g/mol. The Balaban J connectivity index is 1.48. The van der Waals surface area contributed by atoms with E-state index >= 15 is 0 Å². The highest BCUT2D eigenvalue weighted by Crippen LogP contribution is 2.39. The molecule has 1 amide bonds. The Hall–Kier alpha value is -3.48. The lowest BCUT2D eigenvalue weighted by Crippen LogP contribution is -2.42. The molecule has 1 unspecified atom stereocenters. The fraction of sp³-hybridized carbons (Fsp3) is 0.483. The molecule has 13 heteroatoms. The van der Waals surface area contributed by atoms with Gasteiger partial charge in [-0.1, -0.05) is 43.7 Å². The van der Waals surface area contributed by atoms with Gasteiger partial charge in [0.15, 0.2) is 14.4 Å². The van der Waals surface area contributed by atoms with E-state index in [2.05, 4.69) is 54.3 Å². The first kappa shape index (κ1) is 30.0. The lowest BCUT2D eigenvalue weighted by atomic mass is 10.0. The minimum Gasteiger partial charge on any atom is -0.479 e. The van der Waals surface area contributed by atoms with E-state index in [1.165, 1.54) is 4.90 Å². The second kappa shape index (κ2) is 11.7. The maximum Gasteiger partial charge on any atom is 0.407 e. The van der Waals surface area contributed by atoms with Crippen molar-refractivity contribution in [2.45, 2.75) is 70.8 Å². The zero-order valence-corrected chi connectivity index (χ0v) is 26.7. The van der Waals surface area contributed by atoms with Gasteiger partial charge < -0.3 is 19.2 Å². The molecule has 1 atom stereocenters. The first-order chi connectivity index (χ1) is 19.9. The van der Waals surface area contributed by atoms with E-state index < -0.39 is 20.5 Å². The number of amides is 1. The molecule has 0 bridgehead atoms. The van der Waals surface area contributed by atoms with E-state index in [4.69, 9.17) is 20.8 Å². The average Bonchev–Trinajstić information content (AvgIpc) is 3.53.